The molecule has 3 heterocycles. The average molecular weight is 308 g/mol. The van der Waals surface area contributed by atoms with Crippen LogP contribution in [-0.4, -0.2) is 35.8 Å². The number of pyridine rings is 2. The molecule has 0 atom stereocenters. The fourth-order valence-electron chi connectivity index (χ4n) is 3.08. The molecule has 0 radical (unpaired) electrons. The van der Waals surface area contributed by atoms with Crippen LogP contribution >= 0.6 is 0 Å². The summed E-state index contributed by atoms with van der Waals surface area (Å²) in [5.41, 5.74) is 3.85. The Morgan fingerprint density at radius 3 is 2.65 bits per heavy atom. The number of aryl methyl sites for hydroxylation is 1. The third kappa shape index (κ3) is 3.41. The third-order valence-corrected chi connectivity index (χ3v) is 4.57. The highest BCUT2D eigenvalue weighted by Gasteiger charge is 2.18. The van der Waals surface area contributed by atoms with Gasteiger partial charge >= 0.3 is 0 Å². The summed E-state index contributed by atoms with van der Waals surface area (Å²) in [6.45, 7) is 6.51. The van der Waals surface area contributed by atoms with Gasteiger partial charge in [-0.1, -0.05) is 13.0 Å². The summed E-state index contributed by atoms with van der Waals surface area (Å²) in [6.07, 6.45) is 4.29. The summed E-state index contributed by atoms with van der Waals surface area (Å²) in [7, 11) is 1.82. The normalized spacial score (nSPS) is 16.7. The minimum absolute atomic E-state index is 0.820. The summed E-state index contributed by atoms with van der Waals surface area (Å²) in [5.74, 6) is 1.87. The van der Waals surface area contributed by atoms with Crippen molar-refractivity contribution in [3.63, 3.8) is 0 Å². The van der Waals surface area contributed by atoms with E-state index < -0.39 is 0 Å². The van der Waals surface area contributed by atoms with Crippen LogP contribution < -0.4 is 4.90 Å². The van der Waals surface area contributed by atoms with E-state index in [4.69, 9.17) is 4.98 Å². The molecule has 1 aliphatic rings. The second kappa shape index (κ2) is 6.90. The number of piperidine rings is 1. The van der Waals surface area contributed by atoms with Crippen LogP contribution in [0.2, 0.25) is 0 Å². The van der Waals surface area contributed by atoms with Crippen molar-refractivity contribution >= 4 is 11.5 Å². The Hall–Kier alpha value is -2.23. The Bertz CT molecular complexity index is 700. The zero-order valence-electron chi connectivity index (χ0n) is 14.2. The lowest BCUT2D eigenvalue weighted by molar-refractivity contribution is 0.436. The smallest absolute Gasteiger partial charge is 0.129 e. The second-order valence-electron chi connectivity index (χ2n) is 6.26. The first-order valence-corrected chi connectivity index (χ1v) is 8.30. The Morgan fingerprint density at radius 1 is 1.17 bits per heavy atom. The lowest BCUT2D eigenvalue weighted by Crippen LogP contribution is -2.33. The van der Waals surface area contributed by atoms with Gasteiger partial charge in [0.05, 0.1) is 11.4 Å². The highest BCUT2D eigenvalue weighted by Crippen LogP contribution is 2.22. The highest BCUT2D eigenvalue weighted by molar-refractivity contribution is 6.12. The van der Waals surface area contributed by atoms with E-state index in [0.29, 0.717) is 0 Å². The van der Waals surface area contributed by atoms with Crippen LogP contribution in [0.5, 0.6) is 0 Å². The molecule has 2 aromatic rings. The van der Waals surface area contributed by atoms with Gasteiger partial charge in [0, 0.05) is 37.6 Å². The molecule has 2 aromatic heterocycles. The van der Waals surface area contributed by atoms with Gasteiger partial charge in [0.2, 0.25) is 0 Å². The van der Waals surface area contributed by atoms with Crippen molar-refractivity contribution in [2.24, 2.45) is 10.9 Å². The molecule has 0 bridgehead atoms. The van der Waals surface area contributed by atoms with Crippen molar-refractivity contribution in [2.45, 2.75) is 26.7 Å². The van der Waals surface area contributed by atoms with Crippen molar-refractivity contribution in [3.8, 4) is 0 Å². The molecule has 1 fully saturated rings. The number of hydrogen-bond acceptors (Lipinski definition) is 4. The predicted molar refractivity (Wildman–Crippen MR) is 95.4 cm³/mol. The molecular weight excluding hydrogens is 284 g/mol. The number of nitrogens with zero attached hydrogens (tertiary/aromatic N) is 4. The first-order valence-electron chi connectivity index (χ1n) is 8.30. The number of rotatable bonds is 3. The predicted octanol–water partition coefficient (Wildman–Crippen LogP) is 3.49. The molecule has 3 rings (SSSR count). The number of hydrogen-bond donors (Lipinski definition) is 0. The van der Waals surface area contributed by atoms with Crippen LogP contribution in [0.3, 0.4) is 0 Å². The van der Waals surface area contributed by atoms with Gasteiger partial charge in [-0.05, 0) is 49.9 Å². The van der Waals surface area contributed by atoms with E-state index in [1.807, 2.05) is 32.3 Å². The van der Waals surface area contributed by atoms with Gasteiger partial charge < -0.3 is 4.90 Å². The number of aromatic nitrogens is 2. The van der Waals surface area contributed by atoms with Crippen molar-refractivity contribution in [3.05, 3.63) is 53.5 Å². The van der Waals surface area contributed by atoms with Crippen LogP contribution in [-0.2, 0) is 0 Å². The van der Waals surface area contributed by atoms with Crippen LogP contribution in [0.4, 0.5) is 5.82 Å². The average Bonchev–Trinajstić information content (AvgIpc) is 2.58. The first-order chi connectivity index (χ1) is 11.2. The molecule has 0 unspecified atom stereocenters. The molecule has 0 spiro atoms. The molecule has 1 saturated heterocycles. The Morgan fingerprint density at radius 2 is 1.96 bits per heavy atom. The molecule has 4 heteroatoms. The summed E-state index contributed by atoms with van der Waals surface area (Å²) >= 11 is 0. The SMILES string of the molecule is CN=C(c1cccc(N2CCC(C)CC2)n1)c1cccnc1C. The molecule has 120 valence electrons. The van der Waals surface area contributed by atoms with E-state index in [1.165, 1.54) is 12.8 Å². The lowest BCUT2D eigenvalue weighted by atomic mass is 9.99. The Labute approximate surface area is 138 Å². The second-order valence-corrected chi connectivity index (χ2v) is 6.26. The van der Waals surface area contributed by atoms with Gasteiger partial charge in [-0.15, -0.1) is 0 Å². The van der Waals surface area contributed by atoms with E-state index in [2.05, 4.69) is 40.0 Å². The molecule has 0 saturated carbocycles. The van der Waals surface area contributed by atoms with Gasteiger partial charge in [0.1, 0.15) is 5.82 Å². The topological polar surface area (TPSA) is 41.4 Å². The monoisotopic (exact) mass is 308 g/mol. The zero-order valence-corrected chi connectivity index (χ0v) is 14.2. The van der Waals surface area contributed by atoms with E-state index in [0.717, 1.165) is 47.5 Å². The fraction of sp³-hybridized carbons (Fsp3) is 0.421. The van der Waals surface area contributed by atoms with Crippen LogP contribution in [0.25, 0.3) is 0 Å². The van der Waals surface area contributed by atoms with Crippen molar-refractivity contribution in [1.29, 1.82) is 0 Å². The summed E-state index contributed by atoms with van der Waals surface area (Å²) < 4.78 is 0. The van der Waals surface area contributed by atoms with Crippen molar-refractivity contribution in [2.75, 3.05) is 25.0 Å². The summed E-state index contributed by atoms with van der Waals surface area (Å²) in [4.78, 5) is 16.1. The Kier molecular flexibility index (Phi) is 4.70. The summed E-state index contributed by atoms with van der Waals surface area (Å²) in [6, 6.07) is 10.2. The van der Waals surface area contributed by atoms with Crippen molar-refractivity contribution in [1.82, 2.24) is 9.97 Å². The van der Waals surface area contributed by atoms with Crippen molar-refractivity contribution < 1.29 is 0 Å². The number of aliphatic imine (C=N–C) groups is 1. The molecule has 4 nitrogen and oxygen atoms in total. The minimum atomic E-state index is 0.820. The molecule has 0 aliphatic carbocycles. The van der Waals surface area contributed by atoms with E-state index in [1.54, 1.807) is 0 Å². The molecular formula is C19H24N4. The first kappa shape index (κ1) is 15.7. The van der Waals surface area contributed by atoms with Crippen LogP contribution in [0.1, 0.15) is 36.7 Å². The maximum atomic E-state index is 4.88. The highest BCUT2D eigenvalue weighted by atomic mass is 15.2. The van der Waals surface area contributed by atoms with E-state index >= 15 is 0 Å². The van der Waals surface area contributed by atoms with E-state index in [9.17, 15) is 0 Å². The molecule has 0 aromatic carbocycles. The minimum Gasteiger partial charge on any atom is -0.357 e. The van der Waals surface area contributed by atoms with Gasteiger partial charge in [0.15, 0.2) is 0 Å². The summed E-state index contributed by atoms with van der Waals surface area (Å²) in [5, 5.41) is 0. The maximum Gasteiger partial charge on any atom is 0.129 e. The van der Waals surface area contributed by atoms with Gasteiger partial charge in [-0.2, -0.15) is 0 Å². The molecule has 1 aliphatic heterocycles. The quantitative estimate of drug-likeness (QED) is 0.815. The zero-order chi connectivity index (χ0) is 16.2. The molecule has 0 amide bonds. The Balaban J connectivity index is 1.91. The lowest BCUT2D eigenvalue weighted by Gasteiger charge is -2.31. The molecule has 23 heavy (non-hydrogen) atoms. The van der Waals surface area contributed by atoms with E-state index in [-0.39, 0.29) is 0 Å². The fourth-order valence-corrected chi connectivity index (χ4v) is 3.08. The third-order valence-electron chi connectivity index (χ3n) is 4.57. The van der Waals surface area contributed by atoms with Gasteiger partial charge in [-0.25, -0.2) is 4.98 Å². The van der Waals surface area contributed by atoms with Gasteiger partial charge in [0.25, 0.3) is 0 Å². The maximum absolute atomic E-state index is 4.88. The number of anilines is 1. The largest absolute Gasteiger partial charge is 0.357 e. The van der Waals surface area contributed by atoms with Crippen LogP contribution in [0.15, 0.2) is 41.5 Å². The van der Waals surface area contributed by atoms with Gasteiger partial charge in [-0.3, -0.25) is 9.98 Å². The van der Waals surface area contributed by atoms with Crippen LogP contribution in [0, 0.1) is 12.8 Å². The molecule has 0 N–H and O–H groups in total. The standard InChI is InChI=1S/C19H24N4/c1-14-9-12-23(13-10-14)18-8-4-7-17(22-18)19(20-3)16-6-5-11-21-15(16)2/h4-8,11,14H,9-10,12-13H2,1-3H3.